The summed E-state index contributed by atoms with van der Waals surface area (Å²) in [5, 5.41) is 4.41. The largest absolute Gasteiger partial charge is 0.308 e. The highest BCUT2D eigenvalue weighted by atomic mass is 79.9. The fourth-order valence-electron chi connectivity index (χ4n) is 3.63. The zero-order valence-corrected chi connectivity index (χ0v) is 18.0. The maximum Gasteiger partial charge on any atom is 0.291 e. The summed E-state index contributed by atoms with van der Waals surface area (Å²) in [6, 6.07) is 13.5. The molecule has 0 atom stereocenters. The van der Waals surface area contributed by atoms with Crippen molar-refractivity contribution >= 4 is 49.4 Å². The van der Waals surface area contributed by atoms with Crippen LogP contribution in [0.3, 0.4) is 0 Å². The monoisotopic (exact) mass is 466 g/mol. The molecule has 0 spiro atoms. The number of rotatable bonds is 2. The normalized spacial score (nSPS) is 15.4. The van der Waals surface area contributed by atoms with Gasteiger partial charge in [-0.05, 0) is 38.1 Å². The molecule has 2 aromatic carbocycles. The van der Waals surface area contributed by atoms with E-state index >= 15 is 0 Å². The van der Waals surface area contributed by atoms with E-state index in [1.54, 1.807) is 4.90 Å². The summed E-state index contributed by atoms with van der Waals surface area (Å²) in [6.45, 7) is 4.45. The topological polar surface area (TPSA) is 67.6 Å². The van der Waals surface area contributed by atoms with Crippen LogP contribution in [-0.4, -0.2) is 27.0 Å². The second-order valence-corrected chi connectivity index (χ2v) is 8.71. The molecule has 0 saturated carbocycles. The Bertz CT molecular complexity index is 1420. The van der Waals surface area contributed by atoms with E-state index in [1.807, 2.05) is 56.3 Å². The van der Waals surface area contributed by atoms with Gasteiger partial charge in [0.15, 0.2) is 5.82 Å². The van der Waals surface area contributed by atoms with Gasteiger partial charge in [-0.25, -0.2) is 0 Å². The van der Waals surface area contributed by atoms with Gasteiger partial charge in [-0.15, -0.1) is 5.10 Å². The Balaban J connectivity index is 1.76. The Kier molecular flexibility index (Phi) is 4.15. The van der Waals surface area contributed by atoms with Gasteiger partial charge >= 0.3 is 0 Å². The van der Waals surface area contributed by atoms with Crippen LogP contribution in [0.5, 0.6) is 0 Å². The molecule has 4 aromatic rings. The molecular formula is C21H15BrN4O2S. The van der Waals surface area contributed by atoms with Crippen LogP contribution >= 0.6 is 27.3 Å². The number of carbonyl (C=O) groups is 1. The standard InChI is InChI=1S/C21H15BrN4O2S/c1-3-25-15-8-7-13(22)10-14(15)16(19(25)27)17-20(28)26-21(29-17)23-18(24-26)12-6-4-5-11(2)9-12/h4-10H,3H2,1-2H3/b17-16+. The predicted octanol–water partition coefficient (Wildman–Crippen LogP) is 3.17. The fourth-order valence-corrected chi connectivity index (χ4v) is 4.99. The number of halogens is 1. The molecule has 0 saturated heterocycles. The van der Waals surface area contributed by atoms with E-state index in [1.165, 1.54) is 15.9 Å². The van der Waals surface area contributed by atoms with Crippen LogP contribution in [0.15, 0.2) is 51.7 Å². The van der Waals surface area contributed by atoms with Gasteiger partial charge in [0.1, 0.15) is 4.53 Å². The molecule has 0 unspecified atom stereocenters. The average Bonchev–Trinajstić information content (AvgIpc) is 3.32. The van der Waals surface area contributed by atoms with Crippen LogP contribution in [0.2, 0.25) is 0 Å². The quantitative estimate of drug-likeness (QED) is 0.454. The molecule has 0 bridgehead atoms. The maximum atomic E-state index is 13.1. The van der Waals surface area contributed by atoms with Gasteiger partial charge in [0.25, 0.3) is 11.5 Å². The summed E-state index contributed by atoms with van der Waals surface area (Å²) in [6.07, 6.45) is 0. The number of nitrogens with zero attached hydrogens (tertiary/aromatic N) is 4. The smallest absolute Gasteiger partial charge is 0.291 e. The van der Waals surface area contributed by atoms with Crippen molar-refractivity contribution in [2.75, 3.05) is 11.4 Å². The van der Waals surface area contributed by atoms with Crippen molar-refractivity contribution in [1.29, 1.82) is 0 Å². The van der Waals surface area contributed by atoms with Crippen molar-refractivity contribution in [1.82, 2.24) is 14.6 Å². The lowest BCUT2D eigenvalue weighted by molar-refractivity contribution is -0.113. The zero-order valence-electron chi connectivity index (χ0n) is 15.6. The molecule has 0 N–H and O–H groups in total. The van der Waals surface area contributed by atoms with E-state index in [0.29, 0.717) is 27.4 Å². The number of hydrogen-bond acceptors (Lipinski definition) is 5. The van der Waals surface area contributed by atoms with Crippen LogP contribution in [-0.2, 0) is 4.79 Å². The minimum Gasteiger partial charge on any atom is -0.308 e. The Labute approximate surface area is 178 Å². The second kappa shape index (κ2) is 6.60. The molecule has 1 amide bonds. The van der Waals surface area contributed by atoms with Crippen molar-refractivity contribution < 1.29 is 4.79 Å². The number of benzene rings is 2. The van der Waals surface area contributed by atoms with Gasteiger partial charge in [-0.1, -0.05) is 51.0 Å². The third kappa shape index (κ3) is 2.74. The zero-order chi connectivity index (χ0) is 20.3. The lowest BCUT2D eigenvalue weighted by Gasteiger charge is -2.13. The van der Waals surface area contributed by atoms with Crippen molar-refractivity contribution in [3.05, 3.63) is 73.0 Å². The average molecular weight is 467 g/mol. The first-order valence-electron chi connectivity index (χ1n) is 9.10. The van der Waals surface area contributed by atoms with Crippen LogP contribution < -0.4 is 15.0 Å². The number of fused-ring (bicyclic) bond motifs is 2. The van der Waals surface area contributed by atoms with Gasteiger partial charge in [-0.3, -0.25) is 9.59 Å². The molecule has 5 rings (SSSR count). The first kappa shape index (κ1) is 18.2. The number of thiazole rings is 1. The van der Waals surface area contributed by atoms with Crippen LogP contribution in [0, 0.1) is 6.92 Å². The second-order valence-electron chi connectivity index (χ2n) is 6.82. The number of carbonyl (C=O) groups excluding carboxylic acids is 1. The molecular weight excluding hydrogens is 452 g/mol. The number of hydrogen-bond donors (Lipinski definition) is 0. The van der Waals surface area contributed by atoms with Crippen LogP contribution in [0.4, 0.5) is 5.69 Å². The highest BCUT2D eigenvalue weighted by Crippen LogP contribution is 2.37. The van der Waals surface area contributed by atoms with Gasteiger partial charge in [0, 0.05) is 22.1 Å². The number of amides is 1. The van der Waals surface area contributed by atoms with Gasteiger partial charge in [0.2, 0.25) is 4.96 Å². The molecule has 0 aliphatic carbocycles. The van der Waals surface area contributed by atoms with E-state index in [9.17, 15) is 9.59 Å². The Morgan fingerprint density at radius 3 is 2.69 bits per heavy atom. The Morgan fingerprint density at radius 2 is 1.97 bits per heavy atom. The van der Waals surface area contributed by atoms with Crippen molar-refractivity contribution in [3.63, 3.8) is 0 Å². The lowest BCUT2D eigenvalue weighted by Crippen LogP contribution is -2.32. The molecule has 3 heterocycles. The van der Waals surface area contributed by atoms with E-state index in [0.717, 1.165) is 26.9 Å². The van der Waals surface area contributed by atoms with Crippen molar-refractivity contribution in [2.45, 2.75) is 13.8 Å². The summed E-state index contributed by atoms with van der Waals surface area (Å²) < 4.78 is 2.52. The Morgan fingerprint density at radius 1 is 1.14 bits per heavy atom. The van der Waals surface area contributed by atoms with E-state index < -0.39 is 0 Å². The lowest BCUT2D eigenvalue weighted by atomic mass is 10.1. The van der Waals surface area contributed by atoms with Gasteiger partial charge < -0.3 is 4.90 Å². The molecule has 0 fully saturated rings. The highest BCUT2D eigenvalue weighted by molar-refractivity contribution is 9.10. The molecule has 2 aromatic heterocycles. The minimum atomic E-state index is -0.316. The number of aromatic nitrogens is 3. The molecule has 1 aliphatic heterocycles. The van der Waals surface area contributed by atoms with E-state index in [-0.39, 0.29) is 11.5 Å². The molecule has 6 nitrogen and oxygen atoms in total. The number of anilines is 1. The summed E-state index contributed by atoms with van der Waals surface area (Å²) in [7, 11) is 0. The van der Waals surface area contributed by atoms with Crippen molar-refractivity contribution in [2.24, 2.45) is 0 Å². The molecule has 144 valence electrons. The van der Waals surface area contributed by atoms with Crippen LogP contribution in [0.1, 0.15) is 18.1 Å². The van der Waals surface area contributed by atoms with E-state index in [2.05, 4.69) is 26.0 Å². The Hall–Kier alpha value is -2.84. The first-order chi connectivity index (χ1) is 14.0. The predicted molar refractivity (Wildman–Crippen MR) is 117 cm³/mol. The summed E-state index contributed by atoms with van der Waals surface area (Å²) >= 11 is 4.67. The SMILES string of the molecule is CCN1C(=O)/C(=c2/sc3nc(-c4cccc(C)c4)nn3c2=O)c2cc(Br)ccc21. The third-order valence-corrected chi connectivity index (χ3v) is 6.48. The first-order valence-corrected chi connectivity index (χ1v) is 10.7. The molecule has 29 heavy (non-hydrogen) atoms. The third-order valence-electron chi connectivity index (χ3n) is 4.95. The summed E-state index contributed by atoms with van der Waals surface area (Å²) in [5.74, 6) is 0.339. The number of aryl methyl sites for hydroxylation is 1. The number of likely N-dealkylation sites (N-methyl/N-ethyl adjacent to an activating group) is 1. The molecule has 8 heteroatoms. The maximum absolute atomic E-state index is 13.1. The summed E-state index contributed by atoms with van der Waals surface area (Å²) in [4.78, 5) is 32.9. The minimum absolute atomic E-state index is 0.166. The van der Waals surface area contributed by atoms with Crippen molar-refractivity contribution in [3.8, 4) is 11.4 Å². The molecule has 0 radical (unpaired) electrons. The van der Waals surface area contributed by atoms with Gasteiger partial charge in [0.05, 0.1) is 11.3 Å². The van der Waals surface area contributed by atoms with E-state index in [4.69, 9.17) is 0 Å². The fraction of sp³-hybridized carbons (Fsp3) is 0.143. The molecule has 1 aliphatic rings. The van der Waals surface area contributed by atoms with Gasteiger partial charge in [-0.2, -0.15) is 9.50 Å². The highest BCUT2D eigenvalue weighted by Gasteiger charge is 2.33. The van der Waals surface area contributed by atoms with Crippen LogP contribution in [0.25, 0.3) is 21.9 Å². The summed E-state index contributed by atoms with van der Waals surface area (Å²) in [5.41, 5.74) is 3.63.